The van der Waals surface area contributed by atoms with Gasteiger partial charge in [0.1, 0.15) is 20.2 Å². The van der Waals surface area contributed by atoms with Crippen molar-refractivity contribution in [2.75, 3.05) is 0 Å². The zero-order valence-electron chi connectivity index (χ0n) is 12.6. The summed E-state index contributed by atoms with van der Waals surface area (Å²) in [5.41, 5.74) is 0.977. The van der Waals surface area contributed by atoms with Crippen LogP contribution in [0.5, 0.6) is 0 Å². The fraction of sp³-hybridized carbons (Fsp3) is 0.143. The summed E-state index contributed by atoms with van der Waals surface area (Å²) in [7, 11) is -8.57. The molecule has 23 heavy (non-hydrogen) atoms. The van der Waals surface area contributed by atoms with E-state index in [4.69, 9.17) is 0 Å². The molecule has 0 spiro atoms. The minimum atomic E-state index is -4.28. The van der Waals surface area contributed by atoms with Gasteiger partial charge in [0.15, 0.2) is 0 Å². The van der Waals surface area contributed by atoms with Crippen molar-refractivity contribution in [3.63, 3.8) is 0 Å². The molecule has 0 atom stereocenters. The molecular formula is C14H14CdO6S2. The molecule has 0 amide bonds. The number of benzene rings is 2. The molecule has 0 bridgehead atoms. The van der Waals surface area contributed by atoms with E-state index in [0.717, 1.165) is 0 Å². The second kappa shape index (κ2) is 8.87. The van der Waals surface area contributed by atoms with E-state index in [0.29, 0.717) is 11.1 Å². The third-order valence-corrected chi connectivity index (χ3v) is 4.72. The SMILES string of the molecule is Cc1ccccc1S(=O)(=O)[O-].Cc1ccccc1S(=O)(=O)[O-].[Cd+2]. The standard InChI is InChI=1S/2C7H8O3S.Cd/c2*1-6-4-2-3-5-7(6)11(8,9)10;/h2*2-5H,1H3,(H,8,9,10);/q;;+2/p-2. The molecule has 2 aromatic rings. The molecule has 2 rings (SSSR count). The molecule has 0 aromatic heterocycles. The Morgan fingerprint density at radius 2 is 0.913 bits per heavy atom. The van der Waals surface area contributed by atoms with Crippen molar-refractivity contribution in [1.29, 1.82) is 0 Å². The summed E-state index contributed by atoms with van der Waals surface area (Å²) >= 11 is 0. The molecule has 120 valence electrons. The van der Waals surface area contributed by atoms with E-state index in [1.165, 1.54) is 24.3 Å². The van der Waals surface area contributed by atoms with Crippen LogP contribution in [0.2, 0.25) is 0 Å². The smallest absolute Gasteiger partial charge is 0.744 e. The largest absolute Gasteiger partial charge is 2.00 e. The fourth-order valence-electron chi connectivity index (χ4n) is 1.67. The van der Waals surface area contributed by atoms with Crippen LogP contribution in [0.15, 0.2) is 58.3 Å². The van der Waals surface area contributed by atoms with Crippen LogP contribution >= 0.6 is 0 Å². The first-order chi connectivity index (χ1) is 10.0. The van der Waals surface area contributed by atoms with Crippen molar-refractivity contribution in [2.45, 2.75) is 23.6 Å². The molecule has 2 aromatic carbocycles. The second-order valence-electron chi connectivity index (χ2n) is 4.44. The zero-order chi connectivity index (χ0) is 17.0. The predicted molar refractivity (Wildman–Crippen MR) is 78.3 cm³/mol. The molecule has 0 aliphatic rings. The van der Waals surface area contributed by atoms with Crippen LogP contribution in [0.1, 0.15) is 11.1 Å². The van der Waals surface area contributed by atoms with Crippen LogP contribution in [0.3, 0.4) is 0 Å². The third-order valence-electron chi connectivity index (χ3n) is 2.73. The van der Waals surface area contributed by atoms with Gasteiger partial charge in [-0.25, -0.2) is 16.8 Å². The summed E-state index contributed by atoms with van der Waals surface area (Å²) in [5.74, 6) is 0. The van der Waals surface area contributed by atoms with Crippen molar-refractivity contribution in [1.82, 2.24) is 0 Å². The fourth-order valence-corrected chi connectivity index (χ4v) is 3.09. The molecule has 0 fully saturated rings. The Morgan fingerprint density at radius 3 is 1.09 bits per heavy atom. The Bertz CT molecular complexity index is 787. The van der Waals surface area contributed by atoms with Crippen LogP contribution < -0.4 is 0 Å². The minimum Gasteiger partial charge on any atom is -0.744 e. The van der Waals surface area contributed by atoms with Gasteiger partial charge in [-0.2, -0.15) is 0 Å². The molecule has 0 radical (unpaired) electrons. The van der Waals surface area contributed by atoms with Crippen molar-refractivity contribution in [3.8, 4) is 0 Å². The van der Waals surface area contributed by atoms with Gasteiger partial charge in [0, 0.05) is 0 Å². The molecule has 0 saturated carbocycles. The van der Waals surface area contributed by atoms with E-state index in [-0.39, 0.29) is 37.1 Å². The Kier molecular flexibility index (Phi) is 8.56. The van der Waals surface area contributed by atoms with E-state index >= 15 is 0 Å². The summed E-state index contributed by atoms with van der Waals surface area (Å²) < 4.78 is 63.0. The molecule has 0 saturated heterocycles. The van der Waals surface area contributed by atoms with E-state index in [1.807, 2.05) is 0 Å². The predicted octanol–water partition coefficient (Wildman–Crippen LogP) is 1.80. The Labute approximate surface area is 156 Å². The van der Waals surface area contributed by atoms with Crippen LogP contribution in [0.25, 0.3) is 0 Å². The first-order valence-corrected chi connectivity index (χ1v) is 8.88. The van der Waals surface area contributed by atoms with Gasteiger partial charge in [0.2, 0.25) is 0 Å². The molecule has 0 aliphatic carbocycles. The number of aryl methyl sites for hydroxylation is 2. The summed E-state index contributed by atoms with van der Waals surface area (Å²) in [4.78, 5) is -0.278. The summed E-state index contributed by atoms with van der Waals surface area (Å²) in [6.07, 6.45) is 0. The maximum Gasteiger partial charge on any atom is 2.00 e. The molecule has 0 N–H and O–H groups in total. The van der Waals surface area contributed by atoms with Crippen molar-refractivity contribution < 1.29 is 53.2 Å². The third kappa shape index (κ3) is 7.08. The number of hydrogen-bond donors (Lipinski definition) is 0. The maximum absolute atomic E-state index is 10.5. The van der Waals surface area contributed by atoms with Gasteiger partial charge in [-0.3, -0.25) is 0 Å². The van der Waals surface area contributed by atoms with Gasteiger partial charge in [0.25, 0.3) is 0 Å². The van der Waals surface area contributed by atoms with Gasteiger partial charge in [0.05, 0.1) is 9.79 Å². The van der Waals surface area contributed by atoms with Gasteiger partial charge in [-0.05, 0) is 37.1 Å². The zero-order valence-corrected chi connectivity index (χ0v) is 18.3. The molecular weight excluding hydrogens is 441 g/mol. The Morgan fingerprint density at radius 1 is 0.652 bits per heavy atom. The van der Waals surface area contributed by atoms with Crippen molar-refractivity contribution >= 4 is 20.2 Å². The minimum absolute atomic E-state index is 0. The number of rotatable bonds is 2. The van der Waals surface area contributed by atoms with Gasteiger partial charge < -0.3 is 9.11 Å². The molecule has 0 aliphatic heterocycles. The first kappa shape index (κ1) is 22.2. The van der Waals surface area contributed by atoms with Gasteiger partial charge in [-0.1, -0.05) is 36.4 Å². The monoisotopic (exact) mass is 456 g/mol. The Hall–Kier alpha value is -0.818. The van der Waals surface area contributed by atoms with Crippen LogP contribution in [-0.4, -0.2) is 25.9 Å². The summed E-state index contributed by atoms with van der Waals surface area (Å²) in [6, 6.07) is 12.2. The van der Waals surface area contributed by atoms with Gasteiger partial charge >= 0.3 is 27.3 Å². The van der Waals surface area contributed by atoms with Crippen molar-refractivity contribution in [2.24, 2.45) is 0 Å². The Balaban J connectivity index is 0.000000403. The maximum atomic E-state index is 10.5. The van der Waals surface area contributed by atoms with Crippen molar-refractivity contribution in [3.05, 3.63) is 59.7 Å². The molecule has 9 heteroatoms. The second-order valence-corrected chi connectivity index (χ2v) is 7.14. The molecule has 0 heterocycles. The average Bonchev–Trinajstić information content (AvgIpc) is 2.37. The summed E-state index contributed by atoms with van der Waals surface area (Å²) in [6.45, 7) is 3.18. The number of hydrogen-bond acceptors (Lipinski definition) is 6. The van der Waals surface area contributed by atoms with Crippen LogP contribution in [0, 0.1) is 13.8 Å². The average molecular weight is 455 g/mol. The topological polar surface area (TPSA) is 114 Å². The normalized spacial score (nSPS) is 11.0. The first-order valence-electron chi connectivity index (χ1n) is 6.06. The van der Waals surface area contributed by atoms with Crippen LogP contribution in [0.4, 0.5) is 0 Å². The quantitative estimate of drug-likeness (QED) is 0.505. The van der Waals surface area contributed by atoms with E-state index in [1.54, 1.807) is 38.1 Å². The van der Waals surface area contributed by atoms with E-state index < -0.39 is 20.2 Å². The van der Waals surface area contributed by atoms with E-state index in [2.05, 4.69) is 0 Å². The summed E-state index contributed by atoms with van der Waals surface area (Å²) in [5, 5.41) is 0. The molecule has 6 nitrogen and oxygen atoms in total. The van der Waals surface area contributed by atoms with Gasteiger partial charge in [-0.15, -0.1) is 0 Å². The van der Waals surface area contributed by atoms with Crippen LogP contribution in [-0.2, 0) is 47.5 Å². The molecule has 0 unspecified atom stereocenters. The van der Waals surface area contributed by atoms with E-state index in [9.17, 15) is 25.9 Å².